The van der Waals surface area contributed by atoms with Crippen molar-refractivity contribution in [3.05, 3.63) is 67.7 Å². The molecule has 1 amide bonds. The van der Waals surface area contributed by atoms with E-state index in [9.17, 15) is 18.8 Å². The highest BCUT2D eigenvalue weighted by molar-refractivity contribution is 5.77. The van der Waals surface area contributed by atoms with Crippen LogP contribution in [0.4, 0.5) is 4.39 Å². The summed E-state index contributed by atoms with van der Waals surface area (Å²) in [4.78, 5) is 42.2. The lowest BCUT2D eigenvalue weighted by Gasteiger charge is -2.22. The number of amides is 1. The average Bonchev–Trinajstić information content (AvgIpc) is 3.37. The highest BCUT2D eigenvalue weighted by atomic mass is 19.1. The first kappa shape index (κ1) is 17.1. The lowest BCUT2D eigenvalue weighted by atomic mass is 10.1. The van der Waals surface area contributed by atoms with Gasteiger partial charge in [0.05, 0.1) is 0 Å². The molecule has 0 atom stereocenters. The normalized spacial score (nSPS) is 13.7. The van der Waals surface area contributed by atoms with Crippen molar-refractivity contribution in [3.8, 4) is 0 Å². The van der Waals surface area contributed by atoms with E-state index in [1.54, 1.807) is 24.0 Å². The number of carbonyl (C=O) groups is 1. The molecule has 0 radical (unpaired) electrons. The molecule has 25 heavy (non-hydrogen) atoms. The van der Waals surface area contributed by atoms with Gasteiger partial charge in [0.1, 0.15) is 5.82 Å². The first-order valence-corrected chi connectivity index (χ1v) is 8.30. The maximum atomic E-state index is 13.0. The molecular weight excluding hydrogens is 325 g/mol. The average molecular weight is 345 g/mol. The molecule has 0 spiro atoms. The molecule has 7 heteroatoms. The predicted molar refractivity (Wildman–Crippen MR) is 90.7 cm³/mol. The summed E-state index contributed by atoms with van der Waals surface area (Å²) in [5, 5.41) is 0. The van der Waals surface area contributed by atoms with Gasteiger partial charge in [0.2, 0.25) is 5.91 Å². The molecule has 1 aliphatic rings. The molecule has 1 aromatic heterocycles. The Bertz CT molecular complexity index is 882. The van der Waals surface area contributed by atoms with E-state index in [1.807, 2.05) is 0 Å². The number of benzene rings is 1. The Morgan fingerprint density at radius 2 is 1.88 bits per heavy atom. The standard InChI is InChI=1S/C18H20FN3O3/c1-11-15(17(24)21-18(25)20-11)8-9-16(23)22(14-6-7-14)10-12-2-4-13(19)5-3-12/h2-5,14H,6-10H2,1H3,(H2,20,21,24,25). The van der Waals surface area contributed by atoms with Gasteiger partial charge in [-0.25, -0.2) is 9.18 Å². The van der Waals surface area contributed by atoms with E-state index in [2.05, 4.69) is 9.97 Å². The van der Waals surface area contributed by atoms with Crippen LogP contribution in [0, 0.1) is 12.7 Å². The molecule has 1 heterocycles. The zero-order valence-corrected chi connectivity index (χ0v) is 14.0. The fourth-order valence-corrected chi connectivity index (χ4v) is 2.90. The number of aromatic amines is 2. The fraction of sp³-hybridized carbons (Fsp3) is 0.389. The number of hydrogen-bond acceptors (Lipinski definition) is 3. The Morgan fingerprint density at radius 3 is 2.48 bits per heavy atom. The zero-order chi connectivity index (χ0) is 18.0. The smallest absolute Gasteiger partial charge is 0.325 e. The Morgan fingerprint density at radius 1 is 1.20 bits per heavy atom. The third kappa shape index (κ3) is 4.23. The number of halogens is 1. The SMILES string of the molecule is Cc1[nH]c(=O)[nH]c(=O)c1CCC(=O)N(Cc1ccc(F)cc1)C1CC1. The molecule has 132 valence electrons. The molecule has 1 fully saturated rings. The molecule has 1 aromatic carbocycles. The predicted octanol–water partition coefficient (Wildman–Crippen LogP) is 1.63. The Hall–Kier alpha value is -2.70. The van der Waals surface area contributed by atoms with E-state index in [4.69, 9.17) is 0 Å². The van der Waals surface area contributed by atoms with E-state index in [-0.39, 0.29) is 30.6 Å². The summed E-state index contributed by atoms with van der Waals surface area (Å²) in [5.74, 6) is -0.349. The minimum Gasteiger partial charge on any atom is -0.335 e. The van der Waals surface area contributed by atoms with E-state index < -0.39 is 11.2 Å². The van der Waals surface area contributed by atoms with Gasteiger partial charge in [0.25, 0.3) is 5.56 Å². The number of aryl methyl sites for hydroxylation is 1. The Balaban J connectivity index is 1.69. The largest absolute Gasteiger partial charge is 0.335 e. The highest BCUT2D eigenvalue weighted by Crippen LogP contribution is 2.29. The summed E-state index contributed by atoms with van der Waals surface area (Å²) in [6.07, 6.45) is 2.38. The highest BCUT2D eigenvalue weighted by Gasteiger charge is 2.32. The summed E-state index contributed by atoms with van der Waals surface area (Å²) < 4.78 is 13.0. The molecular formula is C18H20FN3O3. The van der Waals surface area contributed by atoms with E-state index in [0.717, 1.165) is 18.4 Å². The van der Waals surface area contributed by atoms with E-state index in [0.29, 0.717) is 17.8 Å². The number of H-pyrrole nitrogens is 2. The number of aromatic nitrogens is 2. The summed E-state index contributed by atoms with van der Waals surface area (Å²) >= 11 is 0. The van der Waals surface area contributed by atoms with Crippen LogP contribution in [0.5, 0.6) is 0 Å². The number of hydrogen-bond donors (Lipinski definition) is 2. The zero-order valence-electron chi connectivity index (χ0n) is 14.0. The van der Waals surface area contributed by atoms with Gasteiger partial charge in [0.15, 0.2) is 0 Å². The fourth-order valence-electron chi connectivity index (χ4n) is 2.90. The minimum atomic E-state index is -0.548. The molecule has 1 saturated carbocycles. The number of rotatable bonds is 6. The lowest BCUT2D eigenvalue weighted by Crippen LogP contribution is -2.34. The maximum Gasteiger partial charge on any atom is 0.325 e. The van der Waals surface area contributed by atoms with E-state index in [1.165, 1.54) is 12.1 Å². The second kappa shape index (κ2) is 7.04. The van der Waals surface area contributed by atoms with Gasteiger partial charge < -0.3 is 9.88 Å². The van der Waals surface area contributed by atoms with Crippen molar-refractivity contribution < 1.29 is 9.18 Å². The van der Waals surface area contributed by atoms with Gasteiger partial charge in [-0.3, -0.25) is 14.6 Å². The summed E-state index contributed by atoms with van der Waals surface area (Å²) in [7, 11) is 0. The van der Waals surface area contributed by atoms with Crippen molar-refractivity contribution >= 4 is 5.91 Å². The van der Waals surface area contributed by atoms with Crippen LogP contribution in [0.2, 0.25) is 0 Å². The first-order chi connectivity index (χ1) is 11.9. The van der Waals surface area contributed by atoms with Gasteiger partial charge in [-0.1, -0.05) is 12.1 Å². The number of nitrogens with zero attached hydrogens (tertiary/aromatic N) is 1. The van der Waals surface area contributed by atoms with Crippen molar-refractivity contribution in [2.45, 2.75) is 45.2 Å². The van der Waals surface area contributed by atoms with Gasteiger partial charge >= 0.3 is 5.69 Å². The van der Waals surface area contributed by atoms with Crippen LogP contribution in [0.3, 0.4) is 0 Å². The molecule has 2 N–H and O–H groups in total. The molecule has 0 aliphatic heterocycles. The van der Waals surface area contributed by atoms with Crippen LogP contribution >= 0.6 is 0 Å². The minimum absolute atomic E-state index is 0.0446. The second-order valence-corrected chi connectivity index (χ2v) is 6.39. The summed E-state index contributed by atoms with van der Waals surface area (Å²) in [5.41, 5.74) is 0.780. The van der Waals surface area contributed by atoms with Crippen molar-refractivity contribution in [2.75, 3.05) is 0 Å². The van der Waals surface area contributed by atoms with Crippen LogP contribution in [-0.4, -0.2) is 26.8 Å². The molecule has 0 unspecified atom stereocenters. The van der Waals surface area contributed by atoms with Crippen LogP contribution in [-0.2, 0) is 17.8 Å². The van der Waals surface area contributed by atoms with E-state index >= 15 is 0 Å². The van der Waals surface area contributed by atoms with Gasteiger partial charge in [-0.2, -0.15) is 0 Å². The van der Waals surface area contributed by atoms with Gasteiger partial charge in [-0.15, -0.1) is 0 Å². The number of carbonyl (C=O) groups excluding carboxylic acids is 1. The number of nitrogens with one attached hydrogen (secondary N) is 2. The first-order valence-electron chi connectivity index (χ1n) is 8.30. The second-order valence-electron chi connectivity index (χ2n) is 6.39. The van der Waals surface area contributed by atoms with Gasteiger partial charge in [0, 0.05) is 30.3 Å². The van der Waals surface area contributed by atoms with Crippen molar-refractivity contribution in [3.63, 3.8) is 0 Å². The lowest BCUT2D eigenvalue weighted by molar-refractivity contribution is -0.132. The topological polar surface area (TPSA) is 86.0 Å². The monoisotopic (exact) mass is 345 g/mol. The summed E-state index contributed by atoms with van der Waals surface area (Å²) in [6, 6.07) is 6.33. The molecule has 3 rings (SSSR count). The Kier molecular flexibility index (Phi) is 4.83. The van der Waals surface area contributed by atoms with Crippen LogP contribution < -0.4 is 11.2 Å². The van der Waals surface area contributed by atoms with Crippen molar-refractivity contribution in [1.82, 2.24) is 14.9 Å². The molecule has 2 aromatic rings. The van der Waals surface area contributed by atoms with Gasteiger partial charge in [-0.05, 0) is 43.9 Å². The quantitative estimate of drug-likeness (QED) is 0.834. The summed E-state index contributed by atoms with van der Waals surface area (Å²) in [6.45, 7) is 2.08. The molecule has 6 nitrogen and oxygen atoms in total. The van der Waals surface area contributed by atoms with Crippen molar-refractivity contribution in [1.29, 1.82) is 0 Å². The molecule has 1 aliphatic carbocycles. The van der Waals surface area contributed by atoms with Crippen LogP contribution in [0.25, 0.3) is 0 Å². The Labute approximate surface area is 143 Å². The van der Waals surface area contributed by atoms with Crippen molar-refractivity contribution in [2.24, 2.45) is 0 Å². The van der Waals surface area contributed by atoms with Crippen LogP contribution in [0.15, 0.2) is 33.9 Å². The maximum absolute atomic E-state index is 13.0. The molecule has 0 saturated heterocycles. The third-order valence-electron chi connectivity index (χ3n) is 4.42. The third-order valence-corrected chi connectivity index (χ3v) is 4.42. The molecule has 0 bridgehead atoms. The van der Waals surface area contributed by atoms with Crippen LogP contribution in [0.1, 0.15) is 36.1 Å².